The predicted molar refractivity (Wildman–Crippen MR) is 93.8 cm³/mol. The predicted octanol–water partition coefficient (Wildman–Crippen LogP) is 4.14. The fraction of sp³-hybridized carbons (Fsp3) is 0.350. The smallest absolute Gasteiger partial charge is 0.311 e. The van der Waals surface area contributed by atoms with Crippen LogP contribution in [0.5, 0.6) is 11.5 Å². The fourth-order valence-electron chi connectivity index (χ4n) is 2.50. The highest BCUT2D eigenvalue weighted by molar-refractivity contribution is 5.77. The van der Waals surface area contributed by atoms with E-state index in [1.807, 2.05) is 42.5 Å². The number of aliphatic carboxylic acids is 1. The minimum Gasteiger partial charge on any atom is -0.497 e. The molecule has 128 valence electrons. The van der Waals surface area contributed by atoms with Crippen molar-refractivity contribution >= 4 is 5.97 Å². The number of carboxylic acids is 1. The molecule has 2 aromatic rings. The van der Waals surface area contributed by atoms with Crippen LogP contribution in [0.4, 0.5) is 0 Å². The fourth-order valence-corrected chi connectivity index (χ4v) is 2.50. The van der Waals surface area contributed by atoms with E-state index in [1.165, 1.54) is 0 Å². The van der Waals surface area contributed by atoms with E-state index in [0.29, 0.717) is 24.7 Å². The topological polar surface area (TPSA) is 55.8 Å². The molecule has 0 fully saturated rings. The average molecular weight is 328 g/mol. The van der Waals surface area contributed by atoms with Crippen LogP contribution in [0.25, 0.3) is 0 Å². The van der Waals surface area contributed by atoms with Crippen LogP contribution in [0.15, 0.2) is 48.5 Å². The first-order valence-electron chi connectivity index (χ1n) is 8.08. The number of carbonyl (C=O) groups is 1. The monoisotopic (exact) mass is 328 g/mol. The van der Waals surface area contributed by atoms with Crippen molar-refractivity contribution < 1.29 is 19.4 Å². The number of hydrogen-bond acceptors (Lipinski definition) is 3. The Labute approximate surface area is 143 Å². The lowest BCUT2D eigenvalue weighted by molar-refractivity contribution is -0.138. The second-order valence-corrected chi connectivity index (χ2v) is 6.18. The van der Waals surface area contributed by atoms with Crippen molar-refractivity contribution in [1.82, 2.24) is 0 Å². The first kappa shape index (κ1) is 17.9. The van der Waals surface area contributed by atoms with Crippen molar-refractivity contribution in [2.75, 3.05) is 13.7 Å². The van der Waals surface area contributed by atoms with Gasteiger partial charge in [-0.15, -0.1) is 0 Å². The summed E-state index contributed by atoms with van der Waals surface area (Å²) in [6.45, 7) is 4.77. The third-order valence-electron chi connectivity index (χ3n) is 3.76. The molecule has 4 heteroatoms. The maximum atomic E-state index is 11.8. The number of hydrogen-bond donors (Lipinski definition) is 1. The van der Waals surface area contributed by atoms with Crippen LogP contribution in [0, 0.1) is 5.92 Å². The Morgan fingerprint density at radius 1 is 1.12 bits per heavy atom. The van der Waals surface area contributed by atoms with Gasteiger partial charge in [0.05, 0.1) is 19.6 Å². The minimum atomic E-state index is -0.859. The van der Waals surface area contributed by atoms with Gasteiger partial charge in [0.2, 0.25) is 0 Å². The van der Waals surface area contributed by atoms with E-state index in [1.54, 1.807) is 13.2 Å². The largest absolute Gasteiger partial charge is 0.497 e. The number of ether oxygens (including phenoxy) is 2. The zero-order valence-corrected chi connectivity index (χ0v) is 14.4. The summed E-state index contributed by atoms with van der Waals surface area (Å²) in [5.41, 5.74) is 1.62. The van der Waals surface area contributed by atoms with E-state index in [2.05, 4.69) is 13.8 Å². The van der Waals surface area contributed by atoms with Gasteiger partial charge in [0, 0.05) is 0 Å². The van der Waals surface area contributed by atoms with Gasteiger partial charge in [0.1, 0.15) is 11.5 Å². The van der Waals surface area contributed by atoms with Gasteiger partial charge in [-0.25, -0.2) is 0 Å². The van der Waals surface area contributed by atoms with E-state index in [9.17, 15) is 9.90 Å². The molecular formula is C20H24O4. The molecule has 4 nitrogen and oxygen atoms in total. The van der Waals surface area contributed by atoms with Crippen LogP contribution < -0.4 is 9.47 Å². The summed E-state index contributed by atoms with van der Waals surface area (Å²) in [5, 5.41) is 9.68. The van der Waals surface area contributed by atoms with Crippen molar-refractivity contribution in [3.63, 3.8) is 0 Å². The van der Waals surface area contributed by atoms with E-state index in [0.717, 1.165) is 16.9 Å². The normalized spacial score (nSPS) is 12.0. The Kier molecular flexibility index (Phi) is 6.24. The molecule has 0 saturated heterocycles. The molecule has 0 radical (unpaired) electrons. The summed E-state index contributed by atoms with van der Waals surface area (Å²) >= 11 is 0. The Balaban J connectivity index is 2.26. The van der Waals surface area contributed by atoms with Gasteiger partial charge in [0.25, 0.3) is 0 Å². The van der Waals surface area contributed by atoms with E-state index in [4.69, 9.17) is 9.47 Å². The molecule has 1 atom stereocenters. The first-order valence-corrected chi connectivity index (χ1v) is 8.08. The molecule has 0 aliphatic carbocycles. The lowest BCUT2D eigenvalue weighted by Gasteiger charge is -2.17. The summed E-state index contributed by atoms with van der Waals surface area (Å²) in [7, 11) is 1.57. The third kappa shape index (κ3) is 4.75. The van der Waals surface area contributed by atoms with Crippen molar-refractivity contribution in [2.24, 2.45) is 5.92 Å². The van der Waals surface area contributed by atoms with Crippen LogP contribution in [-0.2, 0) is 11.2 Å². The molecule has 0 aromatic heterocycles. The highest BCUT2D eigenvalue weighted by atomic mass is 16.5. The van der Waals surface area contributed by atoms with Gasteiger partial charge < -0.3 is 14.6 Å². The number of para-hydroxylation sites is 1. The summed E-state index contributed by atoms with van der Waals surface area (Å²) in [6.07, 6.45) is 0.372. The molecule has 0 bridgehead atoms. The maximum absolute atomic E-state index is 11.8. The number of methoxy groups -OCH3 is 1. The van der Waals surface area contributed by atoms with Gasteiger partial charge in [-0.2, -0.15) is 0 Å². The lowest BCUT2D eigenvalue weighted by atomic mass is 9.91. The van der Waals surface area contributed by atoms with Crippen LogP contribution in [-0.4, -0.2) is 24.8 Å². The standard InChI is InChI=1S/C20H24O4/c1-14(2)13-24-19-10-5-4-7-16(19)12-18(20(21)22)15-8-6-9-17(11-15)23-3/h4-11,14,18H,12-13H2,1-3H3,(H,21,22). The van der Waals surface area contributed by atoms with Crippen LogP contribution in [0.2, 0.25) is 0 Å². The van der Waals surface area contributed by atoms with E-state index >= 15 is 0 Å². The zero-order valence-electron chi connectivity index (χ0n) is 14.4. The average Bonchev–Trinajstić information content (AvgIpc) is 2.58. The van der Waals surface area contributed by atoms with Crippen LogP contribution in [0.3, 0.4) is 0 Å². The third-order valence-corrected chi connectivity index (χ3v) is 3.76. The van der Waals surface area contributed by atoms with Gasteiger partial charge in [-0.1, -0.05) is 44.2 Å². The van der Waals surface area contributed by atoms with Gasteiger partial charge in [0.15, 0.2) is 0 Å². The lowest BCUT2D eigenvalue weighted by Crippen LogP contribution is -2.15. The van der Waals surface area contributed by atoms with Crippen LogP contribution >= 0.6 is 0 Å². The molecule has 0 saturated carbocycles. The molecular weight excluding hydrogens is 304 g/mol. The summed E-state index contributed by atoms with van der Waals surface area (Å²) < 4.78 is 11.0. The molecule has 0 aliphatic rings. The first-order chi connectivity index (χ1) is 11.5. The highest BCUT2D eigenvalue weighted by Gasteiger charge is 2.22. The molecule has 1 N–H and O–H groups in total. The molecule has 0 amide bonds. The van der Waals surface area contributed by atoms with E-state index in [-0.39, 0.29) is 0 Å². The Hall–Kier alpha value is -2.49. The summed E-state index contributed by atoms with van der Waals surface area (Å²) in [5.74, 6) is 0.306. The number of carboxylic acid groups (broad SMARTS) is 1. The van der Waals surface area contributed by atoms with Crippen molar-refractivity contribution in [3.8, 4) is 11.5 Å². The maximum Gasteiger partial charge on any atom is 0.311 e. The second-order valence-electron chi connectivity index (χ2n) is 6.18. The SMILES string of the molecule is COc1cccc(C(Cc2ccccc2OCC(C)C)C(=O)O)c1. The van der Waals surface area contributed by atoms with Crippen molar-refractivity contribution in [2.45, 2.75) is 26.2 Å². The molecule has 2 rings (SSSR count). The van der Waals surface area contributed by atoms with Crippen molar-refractivity contribution in [3.05, 3.63) is 59.7 Å². The Morgan fingerprint density at radius 3 is 2.54 bits per heavy atom. The molecule has 0 spiro atoms. The Bertz CT molecular complexity index is 679. The number of rotatable bonds is 8. The highest BCUT2D eigenvalue weighted by Crippen LogP contribution is 2.29. The van der Waals surface area contributed by atoms with E-state index < -0.39 is 11.9 Å². The summed E-state index contributed by atoms with van der Waals surface area (Å²) in [4.78, 5) is 11.8. The molecule has 0 aliphatic heterocycles. The minimum absolute atomic E-state index is 0.372. The Morgan fingerprint density at radius 2 is 1.88 bits per heavy atom. The van der Waals surface area contributed by atoms with Crippen molar-refractivity contribution in [1.29, 1.82) is 0 Å². The van der Waals surface area contributed by atoms with Crippen LogP contribution in [0.1, 0.15) is 30.9 Å². The second kappa shape index (κ2) is 8.39. The molecule has 24 heavy (non-hydrogen) atoms. The molecule has 1 unspecified atom stereocenters. The molecule has 2 aromatic carbocycles. The summed E-state index contributed by atoms with van der Waals surface area (Å²) in [6, 6.07) is 14.8. The zero-order chi connectivity index (χ0) is 17.5. The van der Waals surface area contributed by atoms with Gasteiger partial charge >= 0.3 is 5.97 Å². The van der Waals surface area contributed by atoms with Gasteiger partial charge in [-0.3, -0.25) is 4.79 Å². The molecule has 0 heterocycles. The quantitative estimate of drug-likeness (QED) is 0.791. The van der Waals surface area contributed by atoms with Gasteiger partial charge in [-0.05, 0) is 41.7 Å². The number of benzene rings is 2.